The third-order valence-electron chi connectivity index (χ3n) is 6.37. The van der Waals surface area contributed by atoms with Gasteiger partial charge < -0.3 is 19.7 Å². The number of ether oxygens (including phenoxy) is 2. The summed E-state index contributed by atoms with van der Waals surface area (Å²) in [4.78, 5) is 52.0. The van der Waals surface area contributed by atoms with E-state index in [2.05, 4.69) is 4.98 Å². The lowest BCUT2D eigenvalue weighted by molar-refractivity contribution is -0.0626. The molecule has 0 bridgehead atoms. The zero-order valence-electron chi connectivity index (χ0n) is 19.4. The van der Waals surface area contributed by atoms with Crippen LogP contribution >= 0.6 is 0 Å². The second-order valence-corrected chi connectivity index (χ2v) is 8.77. The number of unbranched alkanes of at least 4 members (excludes halogenated alkanes) is 3. The molecule has 4 atom stereocenters. The summed E-state index contributed by atoms with van der Waals surface area (Å²) in [7, 11) is 0. The van der Waals surface area contributed by atoms with E-state index in [0.717, 1.165) is 17.4 Å². The van der Waals surface area contributed by atoms with Crippen molar-refractivity contribution < 1.29 is 29.3 Å². The summed E-state index contributed by atoms with van der Waals surface area (Å²) in [5, 5.41) is 20.3. The van der Waals surface area contributed by atoms with Crippen LogP contribution in [-0.4, -0.2) is 74.5 Å². The second-order valence-electron chi connectivity index (χ2n) is 8.77. The van der Waals surface area contributed by atoms with Gasteiger partial charge in [0.15, 0.2) is 6.23 Å². The van der Waals surface area contributed by atoms with Crippen molar-refractivity contribution in [3.8, 4) is 0 Å². The molecule has 11 nitrogen and oxygen atoms in total. The number of amides is 2. The summed E-state index contributed by atoms with van der Waals surface area (Å²) in [6.45, 7) is 1.77. The molecule has 2 aliphatic heterocycles. The minimum absolute atomic E-state index is 0.259. The average molecular weight is 488 g/mol. The maximum Gasteiger partial charge on any atom is 0.330 e. The van der Waals surface area contributed by atoms with E-state index in [1.807, 2.05) is 0 Å². The van der Waals surface area contributed by atoms with Crippen molar-refractivity contribution in [1.29, 1.82) is 0 Å². The Morgan fingerprint density at radius 3 is 2.34 bits per heavy atom. The fourth-order valence-corrected chi connectivity index (χ4v) is 4.46. The molecule has 1 aromatic heterocycles. The van der Waals surface area contributed by atoms with Gasteiger partial charge in [0.05, 0.1) is 17.7 Å². The number of aromatic nitrogens is 2. The molecule has 0 saturated carbocycles. The Morgan fingerprint density at radius 1 is 1.03 bits per heavy atom. The van der Waals surface area contributed by atoms with Gasteiger partial charge in [-0.25, -0.2) is 4.79 Å². The van der Waals surface area contributed by atoms with Crippen molar-refractivity contribution in [3.05, 3.63) is 68.0 Å². The highest BCUT2D eigenvalue weighted by Crippen LogP contribution is 2.30. The van der Waals surface area contributed by atoms with Crippen molar-refractivity contribution in [1.82, 2.24) is 14.5 Å². The van der Waals surface area contributed by atoms with Crippen LogP contribution in [0.2, 0.25) is 0 Å². The first-order chi connectivity index (χ1) is 16.8. The monoisotopic (exact) mass is 487 g/mol. The van der Waals surface area contributed by atoms with Crippen LogP contribution in [0, 0.1) is 6.92 Å². The van der Waals surface area contributed by atoms with Gasteiger partial charge in [0, 0.05) is 24.9 Å². The SMILES string of the molecule is Cc1cn([C@@H]2O[C@H](CO)C(OCCCCCCN3C(=O)c4ccccc4C3=O)[C@@H]2O)c(=O)[nH]c1=O. The molecular formula is C24H29N3O8. The fourth-order valence-electron chi connectivity index (χ4n) is 4.46. The van der Waals surface area contributed by atoms with Gasteiger partial charge in [0.1, 0.15) is 18.3 Å². The first-order valence-corrected chi connectivity index (χ1v) is 11.7. The average Bonchev–Trinajstić information content (AvgIpc) is 3.29. The number of aromatic amines is 1. The topological polar surface area (TPSA) is 151 Å². The lowest BCUT2D eigenvalue weighted by Gasteiger charge is -2.20. The molecule has 1 saturated heterocycles. The summed E-state index contributed by atoms with van der Waals surface area (Å²) in [5.41, 5.74) is -0.0710. The molecule has 2 amide bonds. The van der Waals surface area contributed by atoms with E-state index in [-0.39, 0.29) is 17.4 Å². The molecule has 4 rings (SSSR count). The molecule has 3 heterocycles. The highest BCUT2D eigenvalue weighted by Gasteiger charge is 2.45. The van der Waals surface area contributed by atoms with Crippen molar-refractivity contribution >= 4 is 11.8 Å². The Kier molecular flexibility index (Phi) is 7.60. The van der Waals surface area contributed by atoms with Crippen molar-refractivity contribution in [3.63, 3.8) is 0 Å². The Labute approximate surface area is 200 Å². The molecule has 2 aliphatic rings. The Morgan fingerprint density at radius 2 is 1.69 bits per heavy atom. The highest BCUT2D eigenvalue weighted by molar-refractivity contribution is 6.21. The van der Waals surface area contributed by atoms with Crippen molar-refractivity contribution in [2.24, 2.45) is 0 Å². The van der Waals surface area contributed by atoms with Crippen LogP contribution in [0.25, 0.3) is 0 Å². The zero-order chi connectivity index (χ0) is 25.1. The quantitative estimate of drug-likeness (QED) is 0.321. The molecule has 11 heteroatoms. The van der Waals surface area contributed by atoms with Gasteiger partial charge in [0.25, 0.3) is 17.4 Å². The number of benzene rings is 1. The molecule has 2 aromatic rings. The van der Waals surface area contributed by atoms with Gasteiger partial charge in [-0.1, -0.05) is 25.0 Å². The summed E-state index contributed by atoms with van der Waals surface area (Å²) >= 11 is 0. The molecular weight excluding hydrogens is 458 g/mol. The number of hydrogen-bond acceptors (Lipinski definition) is 8. The maximum absolute atomic E-state index is 12.4. The molecule has 1 unspecified atom stereocenters. The van der Waals surface area contributed by atoms with Crippen LogP contribution in [0.1, 0.15) is 58.2 Å². The number of fused-ring (bicyclic) bond motifs is 1. The number of aliphatic hydroxyl groups is 2. The van der Waals surface area contributed by atoms with Gasteiger partial charge in [-0.05, 0) is 31.9 Å². The second kappa shape index (κ2) is 10.6. The number of aliphatic hydroxyl groups excluding tert-OH is 2. The summed E-state index contributed by atoms with van der Waals surface area (Å²) < 4.78 is 12.5. The van der Waals surface area contributed by atoms with Crippen molar-refractivity contribution in [2.75, 3.05) is 19.8 Å². The van der Waals surface area contributed by atoms with E-state index in [1.165, 1.54) is 18.0 Å². The molecule has 1 fully saturated rings. The Balaban J connectivity index is 1.22. The van der Waals surface area contributed by atoms with Crippen molar-refractivity contribution in [2.45, 2.75) is 57.1 Å². The van der Waals surface area contributed by atoms with Gasteiger partial charge >= 0.3 is 5.69 Å². The third kappa shape index (κ3) is 4.98. The van der Waals surface area contributed by atoms with E-state index in [9.17, 15) is 29.4 Å². The number of carbonyl (C=O) groups excluding carboxylic acids is 2. The molecule has 35 heavy (non-hydrogen) atoms. The number of carbonyl (C=O) groups is 2. The molecule has 3 N–H and O–H groups in total. The minimum Gasteiger partial charge on any atom is -0.394 e. The van der Waals surface area contributed by atoms with E-state index in [0.29, 0.717) is 37.1 Å². The number of nitrogens with zero attached hydrogens (tertiary/aromatic N) is 2. The summed E-state index contributed by atoms with van der Waals surface area (Å²) in [6, 6.07) is 6.80. The summed E-state index contributed by atoms with van der Waals surface area (Å²) in [6.07, 6.45) is 0.189. The number of aryl methyl sites for hydroxylation is 1. The maximum atomic E-state index is 12.4. The van der Waals surface area contributed by atoms with E-state index in [4.69, 9.17) is 9.47 Å². The van der Waals surface area contributed by atoms with Crippen LogP contribution in [0.4, 0.5) is 0 Å². The molecule has 1 aromatic carbocycles. The first kappa shape index (κ1) is 25.0. The van der Waals surface area contributed by atoms with E-state index in [1.54, 1.807) is 24.3 Å². The molecule has 0 spiro atoms. The van der Waals surface area contributed by atoms with Crippen LogP contribution in [-0.2, 0) is 9.47 Å². The normalized spacial score (nSPS) is 23.8. The van der Waals surface area contributed by atoms with Gasteiger partial charge in [-0.3, -0.25) is 28.8 Å². The van der Waals surface area contributed by atoms with Crippen LogP contribution in [0.15, 0.2) is 40.1 Å². The lowest BCUT2D eigenvalue weighted by atomic mass is 10.1. The number of rotatable bonds is 10. The predicted octanol–water partition coefficient (Wildman–Crippen LogP) is 0.337. The van der Waals surface area contributed by atoms with Crippen LogP contribution in [0.3, 0.4) is 0 Å². The lowest BCUT2D eigenvalue weighted by Crippen LogP contribution is -2.39. The number of nitrogens with one attached hydrogen (secondary N) is 1. The fraction of sp³-hybridized carbons (Fsp3) is 0.500. The summed E-state index contributed by atoms with van der Waals surface area (Å²) in [5.74, 6) is -0.518. The molecule has 188 valence electrons. The van der Waals surface area contributed by atoms with Crippen LogP contribution in [0.5, 0.6) is 0 Å². The first-order valence-electron chi connectivity index (χ1n) is 11.7. The number of H-pyrrole nitrogens is 1. The smallest absolute Gasteiger partial charge is 0.330 e. The third-order valence-corrected chi connectivity index (χ3v) is 6.37. The Hall–Kier alpha value is -3.12. The van der Waals surface area contributed by atoms with Gasteiger partial charge in [-0.2, -0.15) is 0 Å². The zero-order valence-corrected chi connectivity index (χ0v) is 19.4. The van der Waals surface area contributed by atoms with Gasteiger partial charge in [-0.15, -0.1) is 0 Å². The predicted molar refractivity (Wildman–Crippen MR) is 123 cm³/mol. The van der Waals surface area contributed by atoms with E-state index < -0.39 is 42.4 Å². The highest BCUT2D eigenvalue weighted by atomic mass is 16.6. The number of hydrogen-bond donors (Lipinski definition) is 3. The Bertz CT molecular complexity index is 1170. The molecule has 0 aliphatic carbocycles. The van der Waals surface area contributed by atoms with Crippen LogP contribution < -0.4 is 11.2 Å². The largest absolute Gasteiger partial charge is 0.394 e. The molecule has 0 radical (unpaired) electrons. The van der Waals surface area contributed by atoms with E-state index >= 15 is 0 Å². The number of imide groups is 1. The van der Waals surface area contributed by atoms with Gasteiger partial charge in [0.2, 0.25) is 0 Å². The standard InChI is InChI=1S/C24H29N3O8/c1-14-12-27(24(33)25-20(14)30)23-18(29)19(17(13-28)35-23)34-11-7-3-2-6-10-26-21(31)15-8-4-5-9-16(15)22(26)32/h4-5,8-9,12,17-19,23,28-29H,2-3,6-7,10-11,13H2,1H3,(H,25,30,33)/t17-,18+,19?,23-/m1/s1. The minimum atomic E-state index is -1.22.